The summed E-state index contributed by atoms with van der Waals surface area (Å²) in [6.45, 7) is 16.3. The molecule has 47 heavy (non-hydrogen) atoms. The summed E-state index contributed by atoms with van der Waals surface area (Å²) >= 11 is 0. The molecule has 12 atom stereocenters. The number of carbonyl (C=O) groups is 2. The van der Waals surface area contributed by atoms with Crippen molar-refractivity contribution < 1.29 is 34.4 Å². The number of aliphatic hydroxyl groups excluding tert-OH is 1. The second-order valence-corrected chi connectivity index (χ2v) is 17.3. The molecule has 5 aliphatic carbocycles. The fraction of sp³-hybridized carbons (Fsp3) is 0.700. The number of methoxy groups -OCH3 is 1. The van der Waals surface area contributed by atoms with Gasteiger partial charge in [0.2, 0.25) is 0 Å². The zero-order valence-electron chi connectivity index (χ0n) is 29.6. The average Bonchev–Trinajstić information content (AvgIpc) is 2.99. The Morgan fingerprint density at radius 3 is 2.40 bits per heavy atom. The highest BCUT2D eigenvalue weighted by Crippen LogP contribution is 2.74. The number of phenolic OH excluding ortho intramolecular Hbond substituents is 1. The van der Waals surface area contributed by atoms with E-state index >= 15 is 0 Å². The zero-order chi connectivity index (χ0) is 34.3. The van der Waals surface area contributed by atoms with E-state index < -0.39 is 29.6 Å². The predicted octanol–water partition coefficient (Wildman–Crippen LogP) is 7.89. The smallest absolute Gasteiger partial charge is 0.331 e. The molecule has 0 unspecified atom stereocenters. The van der Waals surface area contributed by atoms with Crippen LogP contribution in [0.2, 0.25) is 0 Å². The molecule has 0 heterocycles. The van der Waals surface area contributed by atoms with Crippen LogP contribution in [-0.4, -0.2) is 46.6 Å². The number of aliphatic carboxylic acids is 1. The molecule has 4 fully saturated rings. The molecule has 5 aliphatic rings. The monoisotopic (exact) mass is 648 g/mol. The van der Waals surface area contributed by atoms with E-state index in [1.165, 1.54) is 24.8 Å². The van der Waals surface area contributed by atoms with Crippen molar-refractivity contribution in [1.82, 2.24) is 0 Å². The van der Waals surface area contributed by atoms with E-state index in [9.17, 15) is 24.9 Å². The Morgan fingerprint density at radius 2 is 1.74 bits per heavy atom. The van der Waals surface area contributed by atoms with Crippen LogP contribution < -0.4 is 4.74 Å². The number of carboxylic acid groups (broad SMARTS) is 1. The minimum absolute atomic E-state index is 0.00529. The number of allylic oxidation sites excluding steroid dienone is 2. The number of aromatic hydroxyl groups is 1. The summed E-state index contributed by atoms with van der Waals surface area (Å²) < 4.78 is 11.2. The number of carboxylic acids is 1. The maximum atomic E-state index is 13.1. The van der Waals surface area contributed by atoms with Crippen molar-refractivity contribution in [2.75, 3.05) is 7.11 Å². The average molecular weight is 649 g/mol. The summed E-state index contributed by atoms with van der Waals surface area (Å²) in [5.41, 5.74) is 1.59. The number of phenols is 1. The first-order chi connectivity index (χ1) is 22.0. The second kappa shape index (κ2) is 11.7. The molecule has 6 rings (SSSR count). The van der Waals surface area contributed by atoms with Gasteiger partial charge in [-0.05, 0) is 120 Å². The van der Waals surface area contributed by atoms with E-state index in [0.29, 0.717) is 41.4 Å². The number of esters is 1. The SMILES string of the molecule is COc1ccc(/C=C/C(=O)O[C@@H]2[C@H](O)C[C@]3(C)[C@H]4CC=C5[C@@H]6[C@@H](C)[C@H](C)C[C@@H](C(=O)O)[C@H]6CC[C@@]5(C)[C@]4(C)CC[C@H]3C2(C)C)cc1O. The van der Waals surface area contributed by atoms with Crippen LogP contribution in [0.15, 0.2) is 35.9 Å². The van der Waals surface area contributed by atoms with Crippen molar-refractivity contribution in [1.29, 1.82) is 0 Å². The summed E-state index contributed by atoms with van der Waals surface area (Å²) in [6, 6.07) is 4.93. The van der Waals surface area contributed by atoms with E-state index in [2.05, 4.69) is 54.5 Å². The van der Waals surface area contributed by atoms with Crippen LogP contribution in [0.1, 0.15) is 99.0 Å². The molecule has 0 saturated heterocycles. The van der Waals surface area contributed by atoms with Gasteiger partial charge in [-0.25, -0.2) is 4.79 Å². The Morgan fingerprint density at radius 1 is 1.02 bits per heavy atom. The Hall–Kier alpha value is -2.80. The molecule has 7 nitrogen and oxygen atoms in total. The summed E-state index contributed by atoms with van der Waals surface area (Å²) in [5.74, 6) is 0.948. The van der Waals surface area contributed by atoms with Crippen LogP contribution in [0.25, 0.3) is 6.08 Å². The van der Waals surface area contributed by atoms with Gasteiger partial charge in [0.1, 0.15) is 6.10 Å². The maximum Gasteiger partial charge on any atom is 0.331 e. The molecule has 0 aromatic heterocycles. The number of rotatable bonds is 5. The van der Waals surface area contributed by atoms with E-state index in [-0.39, 0.29) is 39.7 Å². The van der Waals surface area contributed by atoms with E-state index in [1.54, 1.807) is 18.2 Å². The van der Waals surface area contributed by atoms with Gasteiger partial charge >= 0.3 is 11.9 Å². The fourth-order valence-corrected chi connectivity index (χ4v) is 12.4. The lowest BCUT2D eigenvalue weighted by Crippen LogP contribution is -2.67. The number of carbonyl (C=O) groups excluding carboxylic acids is 1. The van der Waals surface area contributed by atoms with Crippen LogP contribution >= 0.6 is 0 Å². The number of aliphatic hydroxyl groups is 1. The molecule has 7 heteroatoms. The fourth-order valence-electron chi connectivity index (χ4n) is 12.4. The third-order valence-electron chi connectivity index (χ3n) is 15.0. The standard InChI is InChI=1S/C40H56O7/c1-22-19-26(36(44)45)25-15-17-39(6)27(34(25)23(22)2)11-13-32-38(5)21-29(42)35(37(3,4)31(38)16-18-40(32,39)7)47-33(43)14-10-24-9-12-30(46-8)28(41)20-24/h9-12,14,20,22-23,25-26,29,31-32,34-35,41-42H,13,15-19,21H2,1-8H3,(H,44,45)/b14-10+/t22-,23+,25-,26-,29-,31+,32-,34-,35-,38+,39-,40-/m1/s1. The Bertz CT molecular complexity index is 1480. The van der Waals surface area contributed by atoms with Gasteiger partial charge in [-0.3, -0.25) is 4.79 Å². The minimum Gasteiger partial charge on any atom is -0.504 e. The molecule has 0 aliphatic heterocycles. The van der Waals surface area contributed by atoms with Crippen LogP contribution in [-0.2, 0) is 14.3 Å². The molecule has 0 radical (unpaired) electrons. The van der Waals surface area contributed by atoms with Gasteiger partial charge in [-0.15, -0.1) is 0 Å². The molecule has 258 valence electrons. The highest BCUT2D eigenvalue weighted by atomic mass is 16.6. The lowest BCUT2D eigenvalue weighted by molar-refractivity contribution is -0.237. The number of benzene rings is 1. The molecule has 4 saturated carbocycles. The second-order valence-electron chi connectivity index (χ2n) is 17.3. The lowest BCUT2D eigenvalue weighted by atomic mass is 9.34. The summed E-state index contributed by atoms with van der Waals surface area (Å²) in [6.07, 6.45) is 10.4. The van der Waals surface area contributed by atoms with Crippen molar-refractivity contribution in [3.63, 3.8) is 0 Å². The van der Waals surface area contributed by atoms with Gasteiger partial charge in [-0.2, -0.15) is 0 Å². The van der Waals surface area contributed by atoms with E-state index in [4.69, 9.17) is 9.47 Å². The van der Waals surface area contributed by atoms with Gasteiger partial charge in [0.15, 0.2) is 11.5 Å². The highest BCUT2D eigenvalue weighted by Gasteiger charge is 2.69. The van der Waals surface area contributed by atoms with Gasteiger partial charge in [0.05, 0.1) is 19.1 Å². The largest absolute Gasteiger partial charge is 0.504 e. The maximum absolute atomic E-state index is 13.1. The van der Waals surface area contributed by atoms with Gasteiger partial charge in [-0.1, -0.05) is 66.2 Å². The molecule has 1 aromatic rings. The van der Waals surface area contributed by atoms with Crippen LogP contribution in [0.5, 0.6) is 11.5 Å². The van der Waals surface area contributed by atoms with Crippen molar-refractivity contribution in [2.24, 2.45) is 63.1 Å². The predicted molar refractivity (Wildman–Crippen MR) is 181 cm³/mol. The van der Waals surface area contributed by atoms with Crippen LogP contribution in [0, 0.1) is 63.1 Å². The third kappa shape index (κ3) is 5.08. The third-order valence-corrected chi connectivity index (χ3v) is 15.0. The van der Waals surface area contributed by atoms with E-state index in [1.807, 2.05) is 0 Å². The van der Waals surface area contributed by atoms with Crippen molar-refractivity contribution >= 4 is 18.0 Å². The number of fused-ring (bicyclic) bond motifs is 7. The van der Waals surface area contributed by atoms with Gasteiger partial charge in [0.25, 0.3) is 0 Å². The van der Waals surface area contributed by atoms with Gasteiger partial charge in [0, 0.05) is 11.5 Å². The topological polar surface area (TPSA) is 113 Å². The number of hydrogen-bond donors (Lipinski definition) is 3. The van der Waals surface area contributed by atoms with Crippen LogP contribution in [0.4, 0.5) is 0 Å². The lowest BCUT2D eigenvalue weighted by Gasteiger charge is -2.71. The first kappa shape index (κ1) is 34.1. The molecule has 1 aromatic carbocycles. The molecule has 0 spiro atoms. The first-order valence-corrected chi connectivity index (χ1v) is 17.9. The summed E-state index contributed by atoms with van der Waals surface area (Å²) in [7, 11) is 1.49. The quantitative estimate of drug-likeness (QED) is 0.169. The Balaban J connectivity index is 1.26. The van der Waals surface area contributed by atoms with Crippen molar-refractivity contribution in [2.45, 2.75) is 106 Å². The molecule has 0 bridgehead atoms. The van der Waals surface area contributed by atoms with Crippen molar-refractivity contribution in [3.05, 3.63) is 41.5 Å². The minimum atomic E-state index is -0.791. The number of ether oxygens (including phenoxy) is 2. The van der Waals surface area contributed by atoms with Crippen LogP contribution in [0.3, 0.4) is 0 Å². The highest BCUT2D eigenvalue weighted by molar-refractivity contribution is 5.87. The van der Waals surface area contributed by atoms with Crippen molar-refractivity contribution in [3.8, 4) is 11.5 Å². The van der Waals surface area contributed by atoms with E-state index in [0.717, 1.165) is 38.5 Å². The number of hydrogen-bond acceptors (Lipinski definition) is 6. The normalized spacial score (nSPS) is 43.9. The van der Waals surface area contributed by atoms with Gasteiger partial charge < -0.3 is 24.8 Å². The Labute approximate surface area is 280 Å². The zero-order valence-corrected chi connectivity index (χ0v) is 29.6. The summed E-state index contributed by atoms with van der Waals surface area (Å²) in [4.78, 5) is 25.5. The molecular formula is C40H56O7. The Kier molecular flexibility index (Phi) is 8.46. The summed E-state index contributed by atoms with van der Waals surface area (Å²) in [5, 5.41) is 32.1. The first-order valence-electron chi connectivity index (χ1n) is 17.9. The molecule has 0 amide bonds. The molecular weight excluding hydrogens is 592 g/mol. The molecule has 3 N–H and O–H groups in total.